The maximum absolute atomic E-state index is 14.2. The number of piperidine rings is 1. The molecule has 1 aliphatic carbocycles. The summed E-state index contributed by atoms with van der Waals surface area (Å²) in [6, 6.07) is 7.77. The first-order valence-corrected chi connectivity index (χ1v) is 10.3. The standard InChI is InChI=1S/C22H22F3N5O/c1-30-8-6-14(10-30)29-19(31)21-11-20(21,22(23,24)25)12-28-18(21)16-5-4-13(9-26)17-15(16)3-2-7-27-17/h2-5,7,14,18,28H,6,8,10-12H2,1H3,(H,29,31)/t14-,18?,20?,21?/m1/s1. The molecule has 3 fully saturated rings. The van der Waals surface area contributed by atoms with Gasteiger partial charge in [0.1, 0.15) is 6.07 Å². The highest BCUT2D eigenvalue weighted by atomic mass is 19.4. The topological polar surface area (TPSA) is 81.0 Å². The molecule has 3 unspecified atom stereocenters. The molecule has 2 aromatic rings. The van der Waals surface area contributed by atoms with Gasteiger partial charge in [0.25, 0.3) is 0 Å². The van der Waals surface area contributed by atoms with E-state index in [1.807, 2.05) is 7.05 Å². The van der Waals surface area contributed by atoms with Gasteiger partial charge >= 0.3 is 6.18 Å². The van der Waals surface area contributed by atoms with E-state index in [0.29, 0.717) is 28.6 Å². The van der Waals surface area contributed by atoms with E-state index >= 15 is 0 Å². The minimum absolute atomic E-state index is 0.154. The number of likely N-dealkylation sites (N-methyl/N-ethyl adjacent to an activating group) is 1. The number of nitriles is 1. The first kappa shape index (κ1) is 20.2. The number of halogens is 3. The predicted molar refractivity (Wildman–Crippen MR) is 107 cm³/mol. The second-order valence-corrected chi connectivity index (χ2v) is 8.98. The van der Waals surface area contributed by atoms with Gasteiger partial charge in [-0.2, -0.15) is 18.4 Å². The van der Waals surface area contributed by atoms with E-state index in [4.69, 9.17) is 0 Å². The highest BCUT2D eigenvalue weighted by Gasteiger charge is 2.87. The number of pyridine rings is 1. The van der Waals surface area contributed by atoms with Crippen LogP contribution in [-0.4, -0.2) is 54.7 Å². The molecule has 1 amide bonds. The Morgan fingerprint density at radius 1 is 1.39 bits per heavy atom. The van der Waals surface area contributed by atoms with Crippen molar-refractivity contribution in [2.75, 3.05) is 26.7 Å². The van der Waals surface area contributed by atoms with Crippen LogP contribution in [0.3, 0.4) is 0 Å². The Balaban J connectivity index is 1.59. The van der Waals surface area contributed by atoms with Crippen LogP contribution in [0.4, 0.5) is 13.2 Å². The normalized spacial score (nSPS) is 32.6. The Kier molecular flexibility index (Phi) is 4.33. The third-order valence-electron chi connectivity index (χ3n) is 7.32. The van der Waals surface area contributed by atoms with Crippen molar-refractivity contribution in [3.05, 3.63) is 41.6 Å². The number of likely N-dealkylation sites (tertiary alicyclic amines) is 1. The number of alkyl halides is 3. The van der Waals surface area contributed by atoms with Crippen molar-refractivity contribution in [3.63, 3.8) is 0 Å². The molecule has 4 atom stereocenters. The minimum Gasteiger partial charge on any atom is -0.351 e. The summed E-state index contributed by atoms with van der Waals surface area (Å²) in [4.78, 5) is 19.8. The molecular formula is C22H22F3N5O. The van der Waals surface area contributed by atoms with Gasteiger partial charge in [0.05, 0.1) is 21.9 Å². The monoisotopic (exact) mass is 429 g/mol. The fourth-order valence-corrected chi connectivity index (χ4v) is 5.64. The maximum atomic E-state index is 14.2. The van der Waals surface area contributed by atoms with Crippen molar-refractivity contribution >= 4 is 16.8 Å². The Labute approximate surface area is 177 Å². The van der Waals surface area contributed by atoms with Crippen molar-refractivity contribution < 1.29 is 18.0 Å². The number of carbonyl (C=O) groups is 1. The highest BCUT2D eigenvalue weighted by Crippen LogP contribution is 2.78. The molecule has 2 N–H and O–H groups in total. The number of fused-ring (bicyclic) bond motifs is 2. The summed E-state index contributed by atoms with van der Waals surface area (Å²) in [6.07, 6.45) is -2.47. The number of nitrogens with zero attached hydrogens (tertiary/aromatic N) is 3. The molecule has 2 saturated heterocycles. The van der Waals surface area contributed by atoms with Crippen LogP contribution >= 0.6 is 0 Å². The second kappa shape index (κ2) is 6.65. The number of hydrogen-bond acceptors (Lipinski definition) is 5. The molecule has 162 valence electrons. The Bertz CT molecular complexity index is 1110. The van der Waals surface area contributed by atoms with Gasteiger partial charge in [0, 0.05) is 36.8 Å². The van der Waals surface area contributed by atoms with Gasteiger partial charge in [-0.3, -0.25) is 9.78 Å². The fourth-order valence-electron chi connectivity index (χ4n) is 5.64. The number of nitrogens with one attached hydrogen (secondary N) is 2. The van der Waals surface area contributed by atoms with E-state index in [1.54, 1.807) is 30.5 Å². The van der Waals surface area contributed by atoms with Gasteiger partial charge in [0.2, 0.25) is 5.91 Å². The Morgan fingerprint density at radius 3 is 2.84 bits per heavy atom. The van der Waals surface area contributed by atoms with E-state index < -0.39 is 29.0 Å². The number of aromatic nitrogens is 1. The van der Waals surface area contributed by atoms with Crippen LogP contribution in [0, 0.1) is 22.2 Å². The lowest BCUT2D eigenvalue weighted by molar-refractivity contribution is -0.193. The lowest BCUT2D eigenvalue weighted by Crippen LogP contribution is -2.46. The summed E-state index contributed by atoms with van der Waals surface area (Å²) in [7, 11) is 1.93. The van der Waals surface area contributed by atoms with Gasteiger partial charge in [-0.05, 0) is 44.1 Å². The third-order valence-corrected chi connectivity index (χ3v) is 7.32. The number of amides is 1. The molecule has 0 bridgehead atoms. The van der Waals surface area contributed by atoms with Crippen molar-refractivity contribution in [2.45, 2.75) is 31.1 Å². The molecule has 0 spiro atoms. The largest absolute Gasteiger partial charge is 0.396 e. The van der Waals surface area contributed by atoms with Crippen LogP contribution in [0.5, 0.6) is 0 Å². The van der Waals surface area contributed by atoms with E-state index in [1.165, 1.54) is 0 Å². The summed E-state index contributed by atoms with van der Waals surface area (Å²) < 4.78 is 42.6. The van der Waals surface area contributed by atoms with Crippen LogP contribution in [0.2, 0.25) is 0 Å². The summed E-state index contributed by atoms with van der Waals surface area (Å²) >= 11 is 0. The molecule has 1 saturated carbocycles. The summed E-state index contributed by atoms with van der Waals surface area (Å²) in [6.45, 7) is 1.12. The van der Waals surface area contributed by atoms with Crippen molar-refractivity contribution in [2.24, 2.45) is 10.8 Å². The number of rotatable bonds is 3. The average Bonchev–Trinajstić information content (AvgIpc) is 3.10. The van der Waals surface area contributed by atoms with E-state index in [0.717, 1.165) is 13.0 Å². The summed E-state index contributed by atoms with van der Waals surface area (Å²) in [5, 5.41) is 15.9. The van der Waals surface area contributed by atoms with Crippen LogP contribution < -0.4 is 10.6 Å². The molecule has 3 aliphatic rings. The van der Waals surface area contributed by atoms with Gasteiger partial charge in [0.15, 0.2) is 0 Å². The SMILES string of the molecule is CN1CC[C@@H](NC(=O)C23CC2(C(F)(F)F)CNC3c2ccc(C#N)c3ncccc23)C1. The van der Waals surface area contributed by atoms with Gasteiger partial charge in [-0.25, -0.2) is 0 Å². The van der Waals surface area contributed by atoms with E-state index in [9.17, 15) is 23.2 Å². The quantitative estimate of drug-likeness (QED) is 0.784. The van der Waals surface area contributed by atoms with Gasteiger partial charge < -0.3 is 15.5 Å². The Morgan fingerprint density at radius 2 is 2.19 bits per heavy atom. The van der Waals surface area contributed by atoms with Crippen LogP contribution in [0.15, 0.2) is 30.5 Å². The molecule has 1 aromatic heterocycles. The number of benzene rings is 1. The Hall–Kier alpha value is -2.70. The summed E-state index contributed by atoms with van der Waals surface area (Å²) in [5.41, 5.74) is -2.33. The van der Waals surface area contributed by atoms with Gasteiger partial charge in [-0.15, -0.1) is 0 Å². The molecule has 9 heteroatoms. The summed E-state index contributed by atoms with van der Waals surface area (Å²) in [5.74, 6) is -0.540. The maximum Gasteiger partial charge on any atom is 0.396 e. The molecule has 2 aliphatic heterocycles. The smallest absolute Gasteiger partial charge is 0.351 e. The van der Waals surface area contributed by atoms with E-state index in [-0.39, 0.29) is 19.0 Å². The van der Waals surface area contributed by atoms with Crippen LogP contribution in [0.25, 0.3) is 10.9 Å². The predicted octanol–water partition coefficient (Wildman–Crippen LogP) is 2.51. The molecule has 31 heavy (non-hydrogen) atoms. The number of hydrogen-bond donors (Lipinski definition) is 2. The molecule has 1 aromatic carbocycles. The van der Waals surface area contributed by atoms with Crippen molar-refractivity contribution in [1.82, 2.24) is 20.5 Å². The first-order valence-electron chi connectivity index (χ1n) is 10.3. The highest BCUT2D eigenvalue weighted by molar-refractivity contribution is 5.93. The molecule has 6 nitrogen and oxygen atoms in total. The zero-order chi connectivity index (χ0) is 22.0. The van der Waals surface area contributed by atoms with Gasteiger partial charge in [-0.1, -0.05) is 12.1 Å². The first-order chi connectivity index (χ1) is 14.7. The lowest BCUT2D eigenvalue weighted by Gasteiger charge is -2.27. The van der Waals surface area contributed by atoms with E-state index in [2.05, 4.69) is 26.6 Å². The molecule has 0 radical (unpaired) electrons. The number of carbonyl (C=O) groups excluding carboxylic acids is 1. The minimum atomic E-state index is -4.50. The molecular weight excluding hydrogens is 407 g/mol. The average molecular weight is 429 g/mol. The third kappa shape index (κ3) is 2.71. The van der Waals surface area contributed by atoms with Crippen molar-refractivity contribution in [3.8, 4) is 6.07 Å². The second-order valence-electron chi connectivity index (χ2n) is 8.98. The fraction of sp³-hybridized carbons (Fsp3) is 0.500. The zero-order valence-corrected chi connectivity index (χ0v) is 17.0. The van der Waals surface area contributed by atoms with Crippen LogP contribution in [0.1, 0.15) is 30.0 Å². The molecule has 3 heterocycles. The molecule has 5 rings (SSSR count). The van der Waals surface area contributed by atoms with Crippen LogP contribution in [-0.2, 0) is 4.79 Å². The zero-order valence-electron chi connectivity index (χ0n) is 17.0. The van der Waals surface area contributed by atoms with Crippen molar-refractivity contribution in [1.29, 1.82) is 5.26 Å². The lowest BCUT2D eigenvalue weighted by atomic mass is 9.83.